The maximum atomic E-state index is 14.7. The number of rotatable bonds is 2. The van der Waals surface area contributed by atoms with E-state index in [1.807, 2.05) is 0 Å². The molecule has 0 bridgehead atoms. The maximum absolute atomic E-state index is 14.7. The van der Waals surface area contributed by atoms with E-state index in [1.54, 1.807) is 27.8 Å². The summed E-state index contributed by atoms with van der Waals surface area (Å²) in [5.74, 6) is -0.645. The number of ether oxygens (including phenoxy) is 1. The Bertz CT molecular complexity index is 925. The number of hydrogen-bond acceptors (Lipinski definition) is 6. The number of anilines is 1. The second kappa shape index (κ2) is 7.44. The Labute approximate surface area is 170 Å². The van der Waals surface area contributed by atoms with E-state index < -0.39 is 29.7 Å². The standard InChI is InChI=1S/C17H19Cl2F2N5O2/c1-17(2,3)28-16(27)26-6-9(20)10(7-26)25(4)14-8-5-22-13(18)11(21)12(8)23-15(19)24-14/h5,9-10H,6-7H2,1-4H3/t9-,10+/m1/s1. The van der Waals surface area contributed by atoms with Gasteiger partial charge in [0, 0.05) is 19.8 Å². The quantitative estimate of drug-likeness (QED) is 0.528. The van der Waals surface area contributed by atoms with Gasteiger partial charge in [-0.05, 0) is 32.4 Å². The lowest BCUT2D eigenvalue weighted by molar-refractivity contribution is 0.0283. The highest BCUT2D eigenvalue weighted by Gasteiger charge is 2.40. The molecule has 1 saturated heterocycles. The highest BCUT2D eigenvalue weighted by atomic mass is 35.5. The molecule has 0 radical (unpaired) electrons. The number of pyridine rings is 1. The molecule has 1 amide bonds. The van der Waals surface area contributed by atoms with Crippen LogP contribution in [0.5, 0.6) is 0 Å². The van der Waals surface area contributed by atoms with Crippen molar-refractivity contribution in [2.24, 2.45) is 0 Å². The lowest BCUT2D eigenvalue weighted by atomic mass is 10.2. The first kappa shape index (κ1) is 20.7. The van der Waals surface area contributed by atoms with Gasteiger partial charge >= 0.3 is 6.09 Å². The third-order valence-corrected chi connectivity index (χ3v) is 4.73. The number of fused-ring (bicyclic) bond motifs is 1. The summed E-state index contributed by atoms with van der Waals surface area (Å²) in [6, 6.07) is -0.736. The van der Waals surface area contributed by atoms with Crippen molar-refractivity contribution in [1.82, 2.24) is 19.9 Å². The number of alkyl halides is 1. The van der Waals surface area contributed by atoms with Crippen molar-refractivity contribution >= 4 is 46.0 Å². The van der Waals surface area contributed by atoms with Crippen molar-refractivity contribution in [3.8, 4) is 0 Å². The van der Waals surface area contributed by atoms with Gasteiger partial charge in [-0.25, -0.2) is 23.5 Å². The normalized spacial score (nSPS) is 19.9. The number of halogens is 4. The highest BCUT2D eigenvalue weighted by molar-refractivity contribution is 6.30. The van der Waals surface area contributed by atoms with Crippen molar-refractivity contribution in [2.45, 2.75) is 38.6 Å². The van der Waals surface area contributed by atoms with Crippen molar-refractivity contribution < 1.29 is 18.3 Å². The lowest BCUT2D eigenvalue weighted by Crippen LogP contribution is -2.41. The smallest absolute Gasteiger partial charge is 0.410 e. The molecule has 3 heterocycles. The van der Waals surface area contributed by atoms with Crippen molar-refractivity contribution in [3.63, 3.8) is 0 Å². The fourth-order valence-electron chi connectivity index (χ4n) is 3.01. The number of aromatic nitrogens is 3. The summed E-state index contributed by atoms with van der Waals surface area (Å²) in [5, 5.41) is -0.333. The van der Waals surface area contributed by atoms with Gasteiger partial charge in [0.05, 0.1) is 18.0 Å². The zero-order chi connectivity index (χ0) is 20.8. The summed E-state index contributed by atoms with van der Waals surface area (Å²) in [5.41, 5.74) is -0.801. The summed E-state index contributed by atoms with van der Waals surface area (Å²) in [6.45, 7) is 5.15. The van der Waals surface area contributed by atoms with E-state index in [1.165, 1.54) is 16.0 Å². The molecular weight excluding hydrogens is 415 g/mol. The van der Waals surface area contributed by atoms with Gasteiger partial charge in [0.15, 0.2) is 11.0 Å². The molecule has 152 valence electrons. The van der Waals surface area contributed by atoms with Gasteiger partial charge in [-0.3, -0.25) is 0 Å². The molecule has 0 N–H and O–H groups in total. The van der Waals surface area contributed by atoms with E-state index in [-0.39, 0.29) is 40.2 Å². The van der Waals surface area contributed by atoms with Crippen molar-refractivity contribution in [1.29, 1.82) is 0 Å². The minimum absolute atomic E-state index is 0.0686. The van der Waals surface area contributed by atoms with E-state index in [4.69, 9.17) is 27.9 Å². The number of carbonyl (C=O) groups is 1. The van der Waals surface area contributed by atoms with Crippen LogP contribution in [-0.2, 0) is 4.74 Å². The topological polar surface area (TPSA) is 71.5 Å². The number of amides is 1. The number of carbonyl (C=O) groups excluding carboxylic acids is 1. The molecule has 0 spiro atoms. The highest BCUT2D eigenvalue weighted by Crippen LogP contribution is 2.32. The molecule has 2 atom stereocenters. The van der Waals surface area contributed by atoms with Crippen LogP contribution >= 0.6 is 23.2 Å². The zero-order valence-electron chi connectivity index (χ0n) is 15.7. The van der Waals surface area contributed by atoms with Gasteiger partial charge < -0.3 is 14.5 Å². The minimum Gasteiger partial charge on any atom is -0.444 e. The second-order valence-electron chi connectivity index (χ2n) is 7.52. The van der Waals surface area contributed by atoms with Crippen LogP contribution in [0.15, 0.2) is 6.20 Å². The lowest BCUT2D eigenvalue weighted by Gasteiger charge is -2.28. The first-order valence-corrected chi connectivity index (χ1v) is 9.25. The van der Waals surface area contributed by atoms with E-state index in [0.717, 1.165) is 0 Å². The monoisotopic (exact) mass is 433 g/mol. The first-order chi connectivity index (χ1) is 13.0. The maximum Gasteiger partial charge on any atom is 0.410 e. The van der Waals surface area contributed by atoms with E-state index >= 15 is 0 Å². The molecule has 7 nitrogen and oxygen atoms in total. The number of likely N-dealkylation sites (N-methyl/N-ethyl adjacent to an activating group) is 1. The summed E-state index contributed by atoms with van der Waals surface area (Å²) < 4.78 is 34.3. The second-order valence-corrected chi connectivity index (χ2v) is 8.22. The first-order valence-electron chi connectivity index (χ1n) is 8.50. The van der Waals surface area contributed by atoms with Crippen LogP contribution in [-0.4, -0.2) is 63.9 Å². The summed E-state index contributed by atoms with van der Waals surface area (Å²) in [7, 11) is 1.58. The molecule has 0 aromatic carbocycles. The minimum atomic E-state index is -1.37. The fourth-order valence-corrected chi connectivity index (χ4v) is 3.31. The van der Waals surface area contributed by atoms with Crippen molar-refractivity contribution in [2.75, 3.05) is 25.0 Å². The molecule has 2 aromatic rings. The zero-order valence-corrected chi connectivity index (χ0v) is 17.2. The van der Waals surface area contributed by atoms with Crippen LogP contribution in [0.4, 0.5) is 19.4 Å². The Hall–Kier alpha value is -2.00. The Morgan fingerprint density at radius 1 is 1.32 bits per heavy atom. The van der Waals surface area contributed by atoms with Gasteiger partial charge in [-0.15, -0.1) is 0 Å². The molecule has 28 heavy (non-hydrogen) atoms. The Balaban J connectivity index is 1.91. The molecular formula is C17H19Cl2F2N5O2. The number of nitrogens with zero attached hydrogens (tertiary/aromatic N) is 5. The summed E-state index contributed by atoms with van der Waals surface area (Å²) in [6.07, 6.45) is -0.668. The molecule has 1 fully saturated rings. The molecule has 0 unspecified atom stereocenters. The average molecular weight is 434 g/mol. The van der Waals surface area contributed by atoms with Crippen LogP contribution in [0.25, 0.3) is 10.9 Å². The average Bonchev–Trinajstić information content (AvgIpc) is 2.98. The van der Waals surface area contributed by atoms with Gasteiger partial charge in [-0.1, -0.05) is 11.6 Å². The van der Waals surface area contributed by atoms with E-state index in [0.29, 0.717) is 0 Å². The van der Waals surface area contributed by atoms with Crippen LogP contribution in [0.2, 0.25) is 10.4 Å². The Kier molecular flexibility index (Phi) is 5.51. The van der Waals surface area contributed by atoms with Gasteiger partial charge in [0.25, 0.3) is 0 Å². The van der Waals surface area contributed by atoms with E-state index in [9.17, 15) is 13.6 Å². The summed E-state index contributed by atoms with van der Waals surface area (Å²) >= 11 is 11.6. The van der Waals surface area contributed by atoms with Gasteiger partial charge in [0.1, 0.15) is 23.1 Å². The van der Waals surface area contributed by atoms with Crippen LogP contribution in [0.3, 0.4) is 0 Å². The molecule has 11 heteroatoms. The molecule has 2 aromatic heterocycles. The number of hydrogen-bond donors (Lipinski definition) is 0. The van der Waals surface area contributed by atoms with Crippen LogP contribution in [0, 0.1) is 5.82 Å². The molecule has 0 aliphatic carbocycles. The molecule has 0 saturated carbocycles. The fraction of sp³-hybridized carbons (Fsp3) is 0.529. The largest absolute Gasteiger partial charge is 0.444 e. The van der Waals surface area contributed by atoms with Crippen LogP contribution in [0.1, 0.15) is 20.8 Å². The molecule has 3 rings (SSSR count). The Morgan fingerprint density at radius 3 is 2.64 bits per heavy atom. The number of likely N-dealkylation sites (tertiary alicyclic amines) is 1. The van der Waals surface area contributed by atoms with Gasteiger partial charge in [0.2, 0.25) is 5.28 Å². The third kappa shape index (κ3) is 4.05. The Morgan fingerprint density at radius 2 is 2.00 bits per heavy atom. The predicted molar refractivity (Wildman–Crippen MR) is 102 cm³/mol. The predicted octanol–water partition coefficient (Wildman–Crippen LogP) is 3.86. The van der Waals surface area contributed by atoms with Gasteiger partial charge in [-0.2, -0.15) is 4.98 Å². The third-order valence-electron chi connectivity index (χ3n) is 4.30. The SMILES string of the molecule is CN(c1nc(Cl)nc2c(F)c(Cl)ncc12)[C@H]1CN(C(=O)OC(C)(C)C)C[C@H]1F. The van der Waals surface area contributed by atoms with Crippen molar-refractivity contribution in [3.05, 3.63) is 22.5 Å². The van der Waals surface area contributed by atoms with Crippen LogP contribution < -0.4 is 4.90 Å². The van der Waals surface area contributed by atoms with E-state index in [2.05, 4.69) is 15.0 Å². The summed E-state index contributed by atoms with van der Waals surface area (Å²) in [4.78, 5) is 26.8. The molecule has 1 aliphatic rings. The molecule has 1 aliphatic heterocycles.